The Morgan fingerprint density at radius 2 is 1.33 bits per heavy atom. The third-order valence-corrected chi connectivity index (χ3v) is 7.05. The lowest BCUT2D eigenvalue weighted by Crippen LogP contribution is -2.69. The third kappa shape index (κ3) is 4.31. The van der Waals surface area contributed by atoms with E-state index in [1.165, 1.54) is 0 Å². The first-order valence-corrected chi connectivity index (χ1v) is 8.98. The Balaban J connectivity index is 5.16. The summed E-state index contributed by atoms with van der Waals surface area (Å²) in [4.78, 5) is 0. The molecule has 0 bridgehead atoms. The normalized spacial score (nSPS) is 15.7. The molecular weight excluding hydrogens is 246 g/mol. The molecule has 0 aromatic heterocycles. The fourth-order valence-corrected chi connectivity index (χ4v) is 5.33. The minimum atomic E-state index is -2.81. The topological polar surface area (TPSA) is 53.7 Å². The van der Waals surface area contributed by atoms with E-state index < -0.39 is 14.0 Å². The molecule has 18 heavy (non-hydrogen) atoms. The lowest BCUT2D eigenvalue weighted by Gasteiger charge is -2.42. The van der Waals surface area contributed by atoms with Gasteiger partial charge in [0, 0.05) is 19.8 Å². The van der Waals surface area contributed by atoms with Crippen LogP contribution < -0.4 is 5.73 Å². The van der Waals surface area contributed by atoms with Gasteiger partial charge in [0.15, 0.2) is 0 Å². The number of nitrogens with two attached hydrogens (primary N) is 1. The highest BCUT2D eigenvalue weighted by molar-refractivity contribution is 6.64. The first-order valence-electron chi connectivity index (χ1n) is 7.26. The Morgan fingerprint density at radius 3 is 1.61 bits per heavy atom. The second-order valence-electron chi connectivity index (χ2n) is 4.47. The molecule has 0 radical (unpaired) electrons. The summed E-state index contributed by atoms with van der Waals surface area (Å²) in [5.74, 6) is 0. The lowest BCUT2D eigenvalue weighted by atomic mass is 10.1. The number of hydrogen-bond donors (Lipinski definition) is 1. The molecule has 1 unspecified atom stereocenters. The first kappa shape index (κ1) is 18.1. The molecule has 0 saturated heterocycles. The van der Waals surface area contributed by atoms with Gasteiger partial charge in [0.2, 0.25) is 0 Å². The zero-order valence-electron chi connectivity index (χ0n) is 12.8. The van der Waals surface area contributed by atoms with Crippen LogP contribution in [0.5, 0.6) is 0 Å². The zero-order chi connectivity index (χ0) is 14.1. The van der Waals surface area contributed by atoms with Crippen molar-refractivity contribution in [2.75, 3.05) is 19.8 Å². The van der Waals surface area contributed by atoms with Crippen molar-refractivity contribution >= 4 is 8.80 Å². The second kappa shape index (κ2) is 9.04. The quantitative estimate of drug-likeness (QED) is 0.590. The summed E-state index contributed by atoms with van der Waals surface area (Å²) < 4.78 is 17.8. The van der Waals surface area contributed by atoms with Gasteiger partial charge in [-0.3, -0.25) is 0 Å². The average molecular weight is 277 g/mol. The largest absolute Gasteiger partial charge is 0.521 e. The van der Waals surface area contributed by atoms with E-state index in [0.717, 1.165) is 25.7 Å². The van der Waals surface area contributed by atoms with Crippen LogP contribution in [0.25, 0.3) is 0 Å². The standard InChI is InChI=1S/C13H31NO3Si/c1-6-11-12-13(14,7-2)18(15-8-3,16-9-4)17-10-5/h6-12,14H2,1-5H3. The Hall–Kier alpha value is 0.0569. The monoisotopic (exact) mass is 277 g/mol. The highest BCUT2D eigenvalue weighted by atomic mass is 28.4. The molecule has 0 aliphatic carbocycles. The molecular formula is C13H31NO3Si. The number of rotatable bonds is 11. The van der Waals surface area contributed by atoms with Crippen molar-refractivity contribution < 1.29 is 13.3 Å². The summed E-state index contributed by atoms with van der Waals surface area (Å²) in [6, 6.07) is 0. The van der Waals surface area contributed by atoms with Gasteiger partial charge in [0.05, 0.1) is 5.16 Å². The smallest absolute Gasteiger partial charge is 0.373 e. The van der Waals surface area contributed by atoms with Crippen LogP contribution in [-0.2, 0) is 13.3 Å². The van der Waals surface area contributed by atoms with Crippen molar-refractivity contribution in [3.05, 3.63) is 0 Å². The molecule has 0 heterocycles. The van der Waals surface area contributed by atoms with Crippen molar-refractivity contribution in [2.24, 2.45) is 5.73 Å². The van der Waals surface area contributed by atoms with Crippen LogP contribution in [0.4, 0.5) is 0 Å². The number of hydrogen-bond acceptors (Lipinski definition) is 4. The van der Waals surface area contributed by atoms with Crippen LogP contribution in [0.1, 0.15) is 60.3 Å². The van der Waals surface area contributed by atoms with Crippen LogP contribution >= 0.6 is 0 Å². The van der Waals surface area contributed by atoms with Gasteiger partial charge in [-0.15, -0.1) is 0 Å². The Labute approximate surface area is 114 Å². The van der Waals surface area contributed by atoms with Gasteiger partial charge < -0.3 is 19.0 Å². The molecule has 5 heteroatoms. The fraction of sp³-hybridized carbons (Fsp3) is 1.00. The molecule has 0 rings (SSSR count). The SMILES string of the molecule is CCCCC(N)(CC)[Si](OCC)(OCC)OCC. The van der Waals surface area contributed by atoms with Gasteiger partial charge >= 0.3 is 8.80 Å². The molecule has 110 valence electrons. The summed E-state index contributed by atoms with van der Waals surface area (Å²) in [6.07, 6.45) is 3.91. The lowest BCUT2D eigenvalue weighted by molar-refractivity contribution is 0.0417. The summed E-state index contributed by atoms with van der Waals surface area (Å²) >= 11 is 0. The van der Waals surface area contributed by atoms with E-state index in [-0.39, 0.29) is 0 Å². The summed E-state index contributed by atoms with van der Waals surface area (Å²) in [6.45, 7) is 11.9. The molecule has 2 N–H and O–H groups in total. The van der Waals surface area contributed by atoms with Gasteiger partial charge in [0.1, 0.15) is 0 Å². The molecule has 0 aromatic rings. The van der Waals surface area contributed by atoms with Crippen LogP contribution in [0.15, 0.2) is 0 Å². The molecule has 0 aromatic carbocycles. The molecule has 4 nitrogen and oxygen atoms in total. The molecule has 1 atom stereocenters. The third-order valence-electron chi connectivity index (χ3n) is 3.22. The summed E-state index contributed by atoms with van der Waals surface area (Å²) in [7, 11) is -2.81. The second-order valence-corrected chi connectivity index (χ2v) is 7.44. The Bertz CT molecular complexity index is 199. The maximum absolute atomic E-state index is 6.61. The van der Waals surface area contributed by atoms with Crippen molar-refractivity contribution in [3.8, 4) is 0 Å². The van der Waals surface area contributed by atoms with Crippen molar-refractivity contribution in [3.63, 3.8) is 0 Å². The number of unbranched alkanes of at least 4 members (excludes halogenated alkanes) is 1. The summed E-state index contributed by atoms with van der Waals surface area (Å²) in [5, 5.41) is -0.467. The van der Waals surface area contributed by atoms with Crippen LogP contribution in [0.2, 0.25) is 0 Å². The van der Waals surface area contributed by atoms with E-state index in [1.807, 2.05) is 20.8 Å². The molecule has 0 amide bonds. The maximum atomic E-state index is 6.61. The fourth-order valence-electron chi connectivity index (χ4n) is 2.16. The van der Waals surface area contributed by atoms with Gasteiger partial charge in [-0.25, -0.2) is 0 Å². The van der Waals surface area contributed by atoms with Gasteiger partial charge in [-0.05, 0) is 33.6 Å². The molecule has 0 spiro atoms. The minimum Gasteiger partial charge on any atom is -0.373 e. The van der Waals surface area contributed by atoms with Crippen LogP contribution in [-0.4, -0.2) is 33.8 Å². The Kier molecular flexibility index (Phi) is 9.07. The predicted molar refractivity (Wildman–Crippen MR) is 77.4 cm³/mol. The van der Waals surface area contributed by atoms with Gasteiger partial charge in [-0.1, -0.05) is 26.7 Å². The van der Waals surface area contributed by atoms with E-state index in [4.69, 9.17) is 19.0 Å². The molecule has 0 fully saturated rings. The maximum Gasteiger partial charge on any atom is 0.521 e. The predicted octanol–water partition coefficient (Wildman–Crippen LogP) is 2.87. The van der Waals surface area contributed by atoms with Crippen molar-refractivity contribution in [1.29, 1.82) is 0 Å². The van der Waals surface area contributed by atoms with Crippen molar-refractivity contribution in [2.45, 2.75) is 65.5 Å². The van der Waals surface area contributed by atoms with Crippen LogP contribution in [0.3, 0.4) is 0 Å². The first-order chi connectivity index (χ1) is 8.55. The summed E-state index contributed by atoms with van der Waals surface area (Å²) in [5.41, 5.74) is 6.61. The van der Waals surface area contributed by atoms with E-state index in [9.17, 15) is 0 Å². The Morgan fingerprint density at radius 1 is 0.889 bits per heavy atom. The van der Waals surface area contributed by atoms with Gasteiger partial charge in [0.25, 0.3) is 0 Å². The molecule has 0 aliphatic rings. The van der Waals surface area contributed by atoms with Crippen LogP contribution in [0, 0.1) is 0 Å². The molecule has 0 saturated carbocycles. The highest BCUT2D eigenvalue weighted by Gasteiger charge is 2.57. The average Bonchev–Trinajstić information content (AvgIpc) is 2.36. The molecule has 0 aliphatic heterocycles. The van der Waals surface area contributed by atoms with Crippen molar-refractivity contribution in [1.82, 2.24) is 0 Å². The van der Waals surface area contributed by atoms with E-state index in [0.29, 0.717) is 19.8 Å². The highest BCUT2D eigenvalue weighted by Crippen LogP contribution is 2.30. The van der Waals surface area contributed by atoms with Gasteiger partial charge in [-0.2, -0.15) is 0 Å². The van der Waals surface area contributed by atoms with E-state index in [1.54, 1.807) is 0 Å². The van der Waals surface area contributed by atoms with E-state index >= 15 is 0 Å². The zero-order valence-corrected chi connectivity index (χ0v) is 13.8. The van der Waals surface area contributed by atoms with E-state index in [2.05, 4.69) is 13.8 Å². The minimum absolute atomic E-state index is 0.467.